The molecular formula is C32H23N5O4S. The molecule has 0 radical (unpaired) electrons. The first kappa shape index (κ1) is 24.7. The van der Waals surface area contributed by atoms with Gasteiger partial charge in [-0.15, -0.1) is 5.10 Å². The topological polar surface area (TPSA) is 96.8 Å². The van der Waals surface area contributed by atoms with Gasteiger partial charge >= 0.3 is 0 Å². The summed E-state index contributed by atoms with van der Waals surface area (Å²) >= 11 is 1.45. The summed E-state index contributed by atoms with van der Waals surface area (Å²) in [6.07, 6.45) is 1.65. The van der Waals surface area contributed by atoms with E-state index < -0.39 is 0 Å². The zero-order valence-corrected chi connectivity index (χ0v) is 23.5. The molecule has 1 aliphatic heterocycles. The fourth-order valence-electron chi connectivity index (χ4n) is 5.61. The number of para-hydroxylation sites is 2. The van der Waals surface area contributed by atoms with Crippen molar-refractivity contribution in [3.05, 3.63) is 108 Å². The van der Waals surface area contributed by atoms with Gasteiger partial charge in [0.15, 0.2) is 28.6 Å². The summed E-state index contributed by atoms with van der Waals surface area (Å²) in [5.74, 6) is 3.40. The summed E-state index contributed by atoms with van der Waals surface area (Å²) in [5, 5.41) is 7.53. The van der Waals surface area contributed by atoms with Gasteiger partial charge in [-0.05, 0) is 46.7 Å². The summed E-state index contributed by atoms with van der Waals surface area (Å²) < 4.78 is 25.3. The maximum Gasteiger partial charge on any atom is 0.257 e. The van der Waals surface area contributed by atoms with Crippen LogP contribution in [0.5, 0.6) is 23.1 Å². The molecule has 0 spiro atoms. The molecule has 8 rings (SSSR count). The smallest absolute Gasteiger partial charge is 0.257 e. The molecule has 4 aromatic carbocycles. The number of fused-ring (bicyclic) bond motifs is 7. The van der Waals surface area contributed by atoms with E-state index in [-0.39, 0.29) is 5.92 Å². The Morgan fingerprint density at radius 3 is 2.62 bits per heavy atom. The van der Waals surface area contributed by atoms with Crippen molar-refractivity contribution in [2.45, 2.75) is 16.9 Å². The Balaban J connectivity index is 1.28. The lowest BCUT2D eigenvalue weighted by Crippen LogP contribution is -2.15. The van der Waals surface area contributed by atoms with Crippen LogP contribution >= 0.6 is 11.8 Å². The van der Waals surface area contributed by atoms with Crippen molar-refractivity contribution in [2.75, 3.05) is 14.2 Å². The van der Waals surface area contributed by atoms with Gasteiger partial charge < -0.3 is 18.6 Å². The first-order valence-corrected chi connectivity index (χ1v) is 14.3. The van der Waals surface area contributed by atoms with Crippen molar-refractivity contribution >= 4 is 39.3 Å². The van der Waals surface area contributed by atoms with Gasteiger partial charge in [0.05, 0.1) is 25.5 Å². The second-order valence-corrected chi connectivity index (χ2v) is 10.8. The minimum atomic E-state index is -0.257. The molecule has 0 saturated carbocycles. The second-order valence-electron chi connectivity index (χ2n) is 9.84. The lowest BCUT2D eigenvalue weighted by molar-refractivity contribution is 0.354. The summed E-state index contributed by atoms with van der Waals surface area (Å²) in [4.78, 5) is 14.2. The predicted molar refractivity (Wildman–Crippen MR) is 159 cm³/mol. The predicted octanol–water partition coefficient (Wildman–Crippen LogP) is 7.01. The number of hydrogen-bond acceptors (Lipinski definition) is 9. The van der Waals surface area contributed by atoms with Crippen LogP contribution in [0.25, 0.3) is 27.5 Å². The number of aromatic nitrogens is 5. The molecule has 1 aliphatic rings. The molecular weight excluding hydrogens is 550 g/mol. The van der Waals surface area contributed by atoms with E-state index in [0.717, 1.165) is 44.3 Å². The van der Waals surface area contributed by atoms with Gasteiger partial charge in [0.2, 0.25) is 5.88 Å². The zero-order chi connectivity index (χ0) is 28.2. The number of rotatable bonds is 6. The zero-order valence-electron chi connectivity index (χ0n) is 22.6. The largest absolute Gasteiger partial charge is 0.493 e. The minimum absolute atomic E-state index is 0.257. The van der Waals surface area contributed by atoms with Gasteiger partial charge in [-0.2, -0.15) is 0 Å². The van der Waals surface area contributed by atoms with Crippen LogP contribution in [0, 0.1) is 0 Å². The molecule has 0 bridgehead atoms. The molecule has 0 saturated heterocycles. The average Bonchev–Trinajstić information content (AvgIpc) is 3.66. The van der Waals surface area contributed by atoms with Gasteiger partial charge in [0.1, 0.15) is 17.6 Å². The molecule has 9 nitrogen and oxygen atoms in total. The van der Waals surface area contributed by atoms with E-state index in [1.807, 2.05) is 54.6 Å². The molecule has 0 amide bonds. The van der Waals surface area contributed by atoms with Crippen LogP contribution < -0.4 is 14.2 Å². The Labute approximate surface area is 244 Å². The molecule has 0 fully saturated rings. The average molecular weight is 574 g/mol. The first-order chi connectivity index (χ1) is 20.7. The third kappa shape index (κ3) is 3.94. The number of methoxy groups -OCH3 is 2. The fraction of sp³-hybridized carbons (Fsp3) is 0.125. The summed E-state index contributed by atoms with van der Waals surface area (Å²) in [5.41, 5.74) is 5.11. The second kappa shape index (κ2) is 9.78. The number of ether oxygens (including phenoxy) is 3. The summed E-state index contributed by atoms with van der Waals surface area (Å²) in [7, 11) is 3.27. The first-order valence-electron chi connectivity index (χ1n) is 13.3. The Kier molecular flexibility index (Phi) is 5.75. The van der Waals surface area contributed by atoms with Crippen molar-refractivity contribution in [1.29, 1.82) is 0 Å². The molecule has 1 atom stereocenters. The summed E-state index contributed by atoms with van der Waals surface area (Å²) in [6.45, 7) is 0. The molecule has 206 valence electrons. The van der Waals surface area contributed by atoms with E-state index in [4.69, 9.17) is 28.7 Å². The molecule has 0 unspecified atom stereocenters. The number of thioether (sulfide) groups is 1. The van der Waals surface area contributed by atoms with E-state index in [2.05, 4.69) is 34.2 Å². The van der Waals surface area contributed by atoms with E-state index in [1.54, 1.807) is 25.1 Å². The van der Waals surface area contributed by atoms with Crippen molar-refractivity contribution in [1.82, 2.24) is 24.6 Å². The SMILES string of the molecule is COc1ccc([C@H]2c3c(ccc4ccccc34)Oc3ncn4nc(CSc5nc6ccccc6o5)nc4c32)cc1OC. The molecule has 10 heteroatoms. The van der Waals surface area contributed by atoms with E-state index in [1.165, 1.54) is 11.8 Å². The van der Waals surface area contributed by atoms with Crippen molar-refractivity contribution in [3.63, 3.8) is 0 Å². The third-order valence-corrected chi connectivity index (χ3v) is 8.31. The highest BCUT2D eigenvalue weighted by molar-refractivity contribution is 7.98. The van der Waals surface area contributed by atoms with Crippen molar-refractivity contribution in [3.8, 4) is 23.1 Å². The van der Waals surface area contributed by atoms with Gasteiger partial charge in [0.25, 0.3) is 5.22 Å². The normalized spacial score (nSPS) is 14.1. The minimum Gasteiger partial charge on any atom is -0.493 e. The van der Waals surface area contributed by atoms with Crippen LogP contribution in [0.1, 0.15) is 28.4 Å². The number of hydrogen-bond donors (Lipinski definition) is 0. The van der Waals surface area contributed by atoms with E-state index >= 15 is 0 Å². The lowest BCUT2D eigenvalue weighted by Gasteiger charge is -2.29. The van der Waals surface area contributed by atoms with E-state index in [0.29, 0.717) is 39.8 Å². The van der Waals surface area contributed by atoms with Crippen LogP contribution in [0.2, 0.25) is 0 Å². The van der Waals surface area contributed by atoms with Crippen LogP contribution in [-0.4, -0.2) is 38.8 Å². The Hall–Kier alpha value is -5.09. The standard InChI is InChI=1S/C32H23N5O4S/c1-38-23-13-12-19(15-25(23)39-2)27-28-20-8-4-3-7-18(20)11-14-24(28)40-31-29(27)30-35-26(36-37(30)17-33-31)16-42-32-34-21-9-5-6-10-22(21)41-32/h3-15,17,27H,16H2,1-2H3/t27-/m0/s1. The van der Waals surface area contributed by atoms with Gasteiger partial charge in [0, 0.05) is 11.5 Å². The highest BCUT2D eigenvalue weighted by Gasteiger charge is 2.35. The molecule has 0 aliphatic carbocycles. The number of oxazole rings is 1. The number of nitrogens with zero attached hydrogens (tertiary/aromatic N) is 5. The number of benzene rings is 4. The Morgan fingerprint density at radius 2 is 1.74 bits per heavy atom. The van der Waals surface area contributed by atoms with Crippen LogP contribution in [-0.2, 0) is 5.75 Å². The van der Waals surface area contributed by atoms with Gasteiger partial charge in [-0.25, -0.2) is 19.5 Å². The molecule has 4 heterocycles. The van der Waals surface area contributed by atoms with Crippen LogP contribution in [0.4, 0.5) is 0 Å². The van der Waals surface area contributed by atoms with Gasteiger partial charge in [-0.1, -0.05) is 60.3 Å². The van der Waals surface area contributed by atoms with Crippen molar-refractivity contribution in [2.24, 2.45) is 0 Å². The summed E-state index contributed by atoms with van der Waals surface area (Å²) in [6, 6.07) is 26.1. The van der Waals surface area contributed by atoms with E-state index in [9.17, 15) is 0 Å². The quantitative estimate of drug-likeness (QED) is 0.195. The Morgan fingerprint density at radius 1 is 0.881 bits per heavy atom. The van der Waals surface area contributed by atoms with Crippen molar-refractivity contribution < 1.29 is 18.6 Å². The molecule has 3 aromatic heterocycles. The monoisotopic (exact) mass is 573 g/mol. The van der Waals surface area contributed by atoms with Crippen LogP contribution in [0.15, 0.2) is 94.8 Å². The highest BCUT2D eigenvalue weighted by Crippen LogP contribution is 2.51. The fourth-order valence-corrected chi connectivity index (χ4v) is 6.30. The lowest BCUT2D eigenvalue weighted by atomic mass is 9.81. The highest BCUT2D eigenvalue weighted by atomic mass is 32.2. The van der Waals surface area contributed by atoms with Gasteiger partial charge in [-0.3, -0.25) is 0 Å². The van der Waals surface area contributed by atoms with Crippen LogP contribution in [0.3, 0.4) is 0 Å². The maximum atomic E-state index is 6.44. The third-order valence-electron chi connectivity index (χ3n) is 7.49. The molecule has 7 aromatic rings. The maximum absolute atomic E-state index is 6.44. The Bertz CT molecular complexity index is 2110. The molecule has 42 heavy (non-hydrogen) atoms. The molecule has 0 N–H and O–H groups in total.